The molecule has 0 saturated carbocycles. The van der Waals surface area contributed by atoms with Crippen LogP contribution < -0.4 is 5.32 Å². The molecule has 1 amide bonds. The Kier molecular flexibility index (Phi) is 3.29. The quantitative estimate of drug-likeness (QED) is 0.864. The molecule has 0 fully saturated rings. The van der Waals surface area contributed by atoms with Crippen LogP contribution in [0.5, 0.6) is 0 Å². The molecule has 2 rings (SSSR count). The van der Waals surface area contributed by atoms with Crippen LogP contribution in [0, 0.1) is 6.92 Å². The van der Waals surface area contributed by atoms with E-state index in [0.29, 0.717) is 15.6 Å². The van der Waals surface area contributed by atoms with Crippen molar-refractivity contribution in [3.8, 4) is 0 Å². The molecule has 0 bridgehead atoms. The van der Waals surface area contributed by atoms with Gasteiger partial charge in [-0.25, -0.2) is 0 Å². The van der Waals surface area contributed by atoms with Crippen LogP contribution >= 0.6 is 11.3 Å². The summed E-state index contributed by atoms with van der Waals surface area (Å²) in [7, 11) is 1.76. The zero-order valence-corrected chi connectivity index (χ0v) is 11.2. The minimum atomic E-state index is -0.226. The first kappa shape index (κ1) is 12.5. The fraction of sp³-hybridized carbons (Fsp3) is 0.250. The van der Waals surface area contributed by atoms with E-state index in [2.05, 4.69) is 10.4 Å². The Bertz CT molecular complexity index is 613. The van der Waals surface area contributed by atoms with E-state index in [1.807, 2.05) is 6.92 Å². The fourth-order valence-electron chi connectivity index (χ4n) is 1.55. The van der Waals surface area contributed by atoms with E-state index in [-0.39, 0.29) is 11.7 Å². The lowest BCUT2D eigenvalue weighted by Gasteiger charge is -2.02. The zero-order valence-electron chi connectivity index (χ0n) is 10.4. The van der Waals surface area contributed by atoms with Crippen LogP contribution in [0.2, 0.25) is 0 Å². The second kappa shape index (κ2) is 4.73. The number of anilines is 1. The topological polar surface area (TPSA) is 64.0 Å². The second-order valence-corrected chi connectivity index (χ2v) is 5.05. The van der Waals surface area contributed by atoms with Gasteiger partial charge in [-0.2, -0.15) is 5.10 Å². The highest BCUT2D eigenvalue weighted by Crippen LogP contribution is 2.18. The Morgan fingerprint density at radius 3 is 2.50 bits per heavy atom. The van der Waals surface area contributed by atoms with Gasteiger partial charge in [0.1, 0.15) is 5.82 Å². The summed E-state index contributed by atoms with van der Waals surface area (Å²) < 4.78 is 1.60. The number of thiophene rings is 1. The van der Waals surface area contributed by atoms with Gasteiger partial charge in [0.05, 0.1) is 15.4 Å². The predicted octanol–water partition coefficient (Wildman–Crippen LogP) is 2.24. The van der Waals surface area contributed by atoms with E-state index in [0.717, 1.165) is 5.69 Å². The van der Waals surface area contributed by atoms with Crippen LogP contribution in [0.1, 0.15) is 32.0 Å². The molecular weight excluding hydrogens is 250 g/mol. The van der Waals surface area contributed by atoms with E-state index < -0.39 is 0 Å². The Morgan fingerprint density at radius 2 is 2.00 bits per heavy atom. The number of carbonyl (C=O) groups excluding carboxylic acids is 2. The van der Waals surface area contributed by atoms with Gasteiger partial charge in [0, 0.05) is 13.1 Å². The summed E-state index contributed by atoms with van der Waals surface area (Å²) >= 11 is 1.19. The molecule has 0 atom stereocenters. The van der Waals surface area contributed by atoms with Crippen molar-refractivity contribution in [3.63, 3.8) is 0 Å². The second-order valence-electron chi connectivity index (χ2n) is 3.97. The van der Waals surface area contributed by atoms with E-state index >= 15 is 0 Å². The average Bonchev–Trinajstić information content (AvgIpc) is 2.86. The molecule has 5 nitrogen and oxygen atoms in total. The zero-order chi connectivity index (χ0) is 13.3. The van der Waals surface area contributed by atoms with Gasteiger partial charge in [0.15, 0.2) is 5.78 Å². The summed E-state index contributed by atoms with van der Waals surface area (Å²) in [5, 5.41) is 6.90. The number of rotatable bonds is 3. The van der Waals surface area contributed by atoms with Gasteiger partial charge in [-0.15, -0.1) is 11.3 Å². The summed E-state index contributed by atoms with van der Waals surface area (Å²) in [4.78, 5) is 24.2. The molecule has 0 saturated heterocycles. The van der Waals surface area contributed by atoms with Gasteiger partial charge in [-0.1, -0.05) is 0 Å². The third-order valence-corrected chi connectivity index (χ3v) is 3.61. The maximum atomic E-state index is 12.0. The Labute approximate surface area is 108 Å². The third-order valence-electron chi connectivity index (χ3n) is 2.42. The highest BCUT2D eigenvalue weighted by Gasteiger charge is 2.13. The number of hydrogen-bond donors (Lipinski definition) is 1. The molecule has 2 heterocycles. The molecule has 94 valence electrons. The predicted molar refractivity (Wildman–Crippen MR) is 70.2 cm³/mol. The molecule has 0 radical (unpaired) electrons. The van der Waals surface area contributed by atoms with Crippen LogP contribution in [-0.2, 0) is 7.05 Å². The van der Waals surface area contributed by atoms with Crippen molar-refractivity contribution in [2.75, 3.05) is 5.32 Å². The van der Waals surface area contributed by atoms with Gasteiger partial charge in [-0.05, 0) is 26.0 Å². The summed E-state index contributed by atoms with van der Waals surface area (Å²) in [5.74, 6) is 0.376. The number of Topliss-reactive ketones (excluding diaryl/α,β-unsaturated/α-hetero) is 1. The number of nitrogens with zero attached hydrogens (tertiary/aromatic N) is 2. The van der Waals surface area contributed by atoms with Gasteiger partial charge in [-0.3, -0.25) is 14.3 Å². The first-order chi connectivity index (χ1) is 8.47. The summed E-state index contributed by atoms with van der Waals surface area (Å²) in [6, 6.07) is 5.10. The molecule has 1 N–H and O–H groups in total. The normalized spacial score (nSPS) is 10.4. The third kappa shape index (κ3) is 2.48. The van der Waals surface area contributed by atoms with Crippen LogP contribution in [0.15, 0.2) is 18.2 Å². The van der Waals surface area contributed by atoms with E-state index in [1.165, 1.54) is 18.3 Å². The maximum Gasteiger partial charge on any atom is 0.266 e. The molecule has 0 spiro atoms. The lowest BCUT2D eigenvalue weighted by molar-refractivity contribution is 0.101. The van der Waals surface area contributed by atoms with E-state index in [9.17, 15) is 9.59 Å². The SMILES string of the molecule is CC(=O)c1ccc(C(=O)Nc2cc(C)nn2C)s1. The van der Waals surface area contributed by atoms with Gasteiger partial charge in [0.25, 0.3) is 5.91 Å². The van der Waals surface area contributed by atoms with Crippen molar-refractivity contribution in [2.24, 2.45) is 7.05 Å². The molecule has 18 heavy (non-hydrogen) atoms. The minimum absolute atomic E-state index is 0.0320. The lowest BCUT2D eigenvalue weighted by Crippen LogP contribution is -2.13. The molecule has 0 unspecified atom stereocenters. The van der Waals surface area contributed by atoms with Crippen molar-refractivity contribution in [1.82, 2.24) is 9.78 Å². The Morgan fingerprint density at radius 1 is 1.33 bits per heavy atom. The first-order valence-electron chi connectivity index (χ1n) is 5.40. The molecule has 2 aromatic heterocycles. The van der Waals surface area contributed by atoms with Crippen molar-refractivity contribution in [1.29, 1.82) is 0 Å². The highest BCUT2D eigenvalue weighted by atomic mass is 32.1. The monoisotopic (exact) mass is 263 g/mol. The molecular formula is C12H13N3O2S. The molecule has 2 aromatic rings. The standard InChI is InChI=1S/C12H13N3O2S/c1-7-6-11(15(3)14-7)13-12(17)10-5-4-9(18-10)8(2)16/h4-6H,1-3H3,(H,13,17). The van der Waals surface area contributed by atoms with Crippen LogP contribution in [0.25, 0.3) is 0 Å². The average molecular weight is 263 g/mol. The summed E-state index contributed by atoms with van der Waals surface area (Å²) in [6.07, 6.45) is 0. The summed E-state index contributed by atoms with van der Waals surface area (Å²) in [5.41, 5.74) is 0.836. The fourth-order valence-corrected chi connectivity index (χ4v) is 2.35. The molecule has 0 aromatic carbocycles. The van der Waals surface area contributed by atoms with Gasteiger partial charge >= 0.3 is 0 Å². The number of aryl methyl sites for hydroxylation is 2. The number of hydrogen-bond acceptors (Lipinski definition) is 4. The number of nitrogens with one attached hydrogen (secondary N) is 1. The maximum absolute atomic E-state index is 12.0. The largest absolute Gasteiger partial charge is 0.306 e. The number of aromatic nitrogens is 2. The number of carbonyl (C=O) groups is 2. The minimum Gasteiger partial charge on any atom is -0.306 e. The molecule has 0 aliphatic rings. The van der Waals surface area contributed by atoms with Crippen molar-refractivity contribution < 1.29 is 9.59 Å². The van der Waals surface area contributed by atoms with Crippen LogP contribution in [0.3, 0.4) is 0 Å². The van der Waals surface area contributed by atoms with E-state index in [1.54, 1.807) is 29.9 Å². The molecule has 6 heteroatoms. The van der Waals surface area contributed by atoms with Crippen LogP contribution in [0.4, 0.5) is 5.82 Å². The van der Waals surface area contributed by atoms with Crippen molar-refractivity contribution >= 4 is 28.8 Å². The van der Waals surface area contributed by atoms with Crippen molar-refractivity contribution in [2.45, 2.75) is 13.8 Å². The molecule has 0 aliphatic carbocycles. The lowest BCUT2D eigenvalue weighted by atomic mass is 10.3. The molecule has 0 aliphatic heterocycles. The van der Waals surface area contributed by atoms with Gasteiger partial charge in [0.2, 0.25) is 0 Å². The Hall–Kier alpha value is -1.95. The Balaban J connectivity index is 2.16. The first-order valence-corrected chi connectivity index (χ1v) is 6.22. The van der Waals surface area contributed by atoms with Gasteiger partial charge < -0.3 is 5.32 Å². The smallest absolute Gasteiger partial charge is 0.266 e. The summed E-state index contributed by atoms with van der Waals surface area (Å²) in [6.45, 7) is 3.34. The van der Waals surface area contributed by atoms with Crippen LogP contribution in [-0.4, -0.2) is 21.5 Å². The van der Waals surface area contributed by atoms with E-state index in [4.69, 9.17) is 0 Å². The van der Waals surface area contributed by atoms with Crippen molar-refractivity contribution in [3.05, 3.63) is 33.6 Å². The number of amides is 1. The number of ketones is 1. The highest BCUT2D eigenvalue weighted by molar-refractivity contribution is 7.16.